The summed E-state index contributed by atoms with van der Waals surface area (Å²) < 4.78 is 4.28. The molecule has 0 fully saturated rings. The number of hydrogen-bond donors (Lipinski definition) is 1. The largest absolute Gasteiger partial charge is 0.442 e. The van der Waals surface area contributed by atoms with Crippen LogP contribution in [-0.4, -0.2) is 23.8 Å². The van der Waals surface area contributed by atoms with Gasteiger partial charge in [-0.15, -0.1) is 0 Å². The van der Waals surface area contributed by atoms with E-state index in [0.29, 0.717) is 5.71 Å². The smallest absolute Gasteiger partial charge is 0.371 e. The predicted molar refractivity (Wildman–Crippen MR) is 44.1 cm³/mol. The van der Waals surface area contributed by atoms with Crippen LogP contribution in [0.1, 0.15) is 0 Å². The Bertz CT molecular complexity index is 379. The highest BCUT2D eigenvalue weighted by Crippen LogP contribution is 2.15. The van der Waals surface area contributed by atoms with Gasteiger partial charge in [0, 0.05) is 6.04 Å². The molecule has 0 bridgehead atoms. The second kappa shape index (κ2) is 2.63. The van der Waals surface area contributed by atoms with Gasteiger partial charge in [0.15, 0.2) is 0 Å². The van der Waals surface area contributed by atoms with E-state index in [4.69, 9.17) is 5.73 Å². The van der Waals surface area contributed by atoms with Gasteiger partial charge in [0.05, 0.1) is 11.3 Å². The summed E-state index contributed by atoms with van der Waals surface area (Å²) >= 11 is 0. The molecular formula is C8H6N2O3. The molecule has 2 aliphatic rings. The minimum atomic E-state index is -0.878. The first-order chi connectivity index (χ1) is 6.16. The molecule has 0 saturated heterocycles. The zero-order valence-corrected chi connectivity index (χ0v) is 6.56. The SMILES string of the molecule is NC1C=CC2=NC(=O)OC(=O)C2=C1. The van der Waals surface area contributed by atoms with Gasteiger partial charge in [-0.05, 0) is 12.2 Å². The first kappa shape index (κ1) is 7.88. The highest BCUT2D eigenvalue weighted by atomic mass is 16.6. The topological polar surface area (TPSA) is 81.8 Å². The molecule has 1 amide bonds. The number of hydrogen-bond acceptors (Lipinski definition) is 4. The van der Waals surface area contributed by atoms with Crippen LogP contribution in [0.2, 0.25) is 0 Å². The fourth-order valence-corrected chi connectivity index (χ4v) is 1.15. The third-order valence-electron chi connectivity index (χ3n) is 1.72. The number of fused-ring (bicyclic) bond motifs is 1. The van der Waals surface area contributed by atoms with Crippen molar-refractivity contribution in [2.24, 2.45) is 10.7 Å². The van der Waals surface area contributed by atoms with Crippen LogP contribution in [0.25, 0.3) is 0 Å². The van der Waals surface area contributed by atoms with Gasteiger partial charge in [-0.1, -0.05) is 6.08 Å². The van der Waals surface area contributed by atoms with Crippen molar-refractivity contribution in [1.29, 1.82) is 0 Å². The van der Waals surface area contributed by atoms with Crippen LogP contribution in [0.4, 0.5) is 4.79 Å². The normalized spacial score (nSPS) is 26.1. The summed E-state index contributed by atoms with van der Waals surface area (Å²) in [4.78, 5) is 25.3. The van der Waals surface area contributed by atoms with Crippen molar-refractivity contribution in [3.63, 3.8) is 0 Å². The summed E-state index contributed by atoms with van der Waals surface area (Å²) in [6.45, 7) is 0. The van der Waals surface area contributed by atoms with E-state index in [1.165, 1.54) is 6.08 Å². The van der Waals surface area contributed by atoms with Crippen LogP contribution < -0.4 is 5.73 Å². The van der Waals surface area contributed by atoms with E-state index in [2.05, 4.69) is 9.73 Å². The number of carbonyl (C=O) groups excluding carboxylic acids is 2. The van der Waals surface area contributed by atoms with Gasteiger partial charge in [-0.2, -0.15) is 4.99 Å². The van der Waals surface area contributed by atoms with Crippen LogP contribution in [0.3, 0.4) is 0 Å². The van der Waals surface area contributed by atoms with Crippen LogP contribution in [0.15, 0.2) is 28.8 Å². The highest BCUT2D eigenvalue weighted by Gasteiger charge is 2.27. The Labute approximate surface area is 73.6 Å². The average molecular weight is 178 g/mol. The van der Waals surface area contributed by atoms with Gasteiger partial charge >= 0.3 is 12.1 Å². The number of amides is 1. The van der Waals surface area contributed by atoms with Crippen molar-refractivity contribution in [3.05, 3.63) is 23.8 Å². The lowest BCUT2D eigenvalue weighted by molar-refractivity contribution is -0.132. The van der Waals surface area contributed by atoms with E-state index in [0.717, 1.165) is 0 Å². The molecule has 5 nitrogen and oxygen atoms in total. The molecule has 13 heavy (non-hydrogen) atoms. The standard InChI is InChI=1S/C8H6N2O3/c9-4-1-2-6-5(3-4)7(11)13-8(12)10-6/h1-4H,9H2. The van der Waals surface area contributed by atoms with Crippen molar-refractivity contribution in [3.8, 4) is 0 Å². The summed E-state index contributed by atoms with van der Waals surface area (Å²) in [5.74, 6) is -0.685. The van der Waals surface area contributed by atoms with Crippen LogP contribution in [0.5, 0.6) is 0 Å². The zero-order chi connectivity index (χ0) is 9.42. The number of allylic oxidation sites excluding steroid dienone is 1. The second-order valence-electron chi connectivity index (χ2n) is 2.67. The molecule has 0 aromatic rings. The Kier molecular flexibility index (Phi) is 1.60. The minimum absolute atomic E-state index is 0.259. The Morgan fingerprint density at radius 3 is 3.00 bits per heavy atom. The van der Waals surface area contributed by atoms with Crippen LogP contribution in [-0.2, 0) is 9.53 Å². The molecule has 5 heteroatoms. The van der Waals surface area contributed by atoms with Crippen LogP contribution in [0, 0.1) is 0 Å². The number of ether oxygens (including phenoxy) is 1. The van der Waals surface area contributed by atoms with Crippen molar-refractivity contribution < 1.29 is 14.3 Å². The highest BCUT2D eigenvalue weighted by molar-refractivity contribution is 6.30. The zero-order valence-electron chi connectivity index (χ0n) is 6.56. The Hall–Kier alpha value is -1.75. The number of carbonyl (C=O) groups is 2. The quantitative estimate of drug-likeness (QED) is 0.415. The second-order valence-corrected chi connectivity index (χ2v) is 2.67. The molecule has 0 spiro atoms. The first-order valence-electron chi connectivity index (χ1n) is 3.67. The van der Waals surface area contributed by atoms with Gasteiger partial charge in [0.1, 0.15) is 0 Å². The maximum Gasteiger partial charge on any atom is 0.442 e. The molecule has 0 aromatic heterocycles. The van der Waals surface area contributed by atoms with E-state index in [1.807, 2.05) is 0 Å². The molecule has 0 saturated carbocycles. The first-order valence-corrected chi connectivity index (χ1v) is 3.67. The summed E-state index contributed by atoms with van der Waals surface area (Å²) in [6.07, 6.45) is 3.82. The van der Waals surface area contributed by atoms with E-state index in [9.17, 15) is 9.59 Å². The predicted octanol–water partition coefficient (Wildman–Crippen LogP) is -0.0723. The lowest BCUT2D eigenvalue weighted by atomic mass is 10.0. The summed E-state index contributed by atoms with van der Waals surface area (Å²) in [7, 11) is 0. The number of nitrogens with zero attached hydrogens (tertiary/aromatic N) is 1. The fraction of sp³-hybridized carbons (Fsp3) is 0.125. The van der Waals surface area contributed by atoms with Crippen LogP contribution >= 0.6 is 0 Å². The van der Waals surface area contributed by atoms with Gasteiger partial charge in [-0.25, -0.2) is 9.59 Å². The van der Waals surface area contributed by atoms with Gasteiger partial charge < -0.3 is 10.5 Å². The molecule has 66 valence electrons. The average Bonchev–Trinajstić information content (AvgIpc) is 2.06. The molecule has 0 aromatic carbocycles. The molecule has 1 heterocycles. The van der Waals surface area contributed by atoms with E-state index in [1.54, 1.807) is 12.2 Å². The summed E-state index contributed by atoms with van der Waals surface area (Å²) in [6, 6.07) is -0.324. The van der Waals surface area contributed by atoms with Crippen molar-refractivity contribution >= 4 is 17.8 Å². The third-order valence-corrected chi connectivity index (χ3v) is 1.72. The summed E-state index contributed by atoms with van der Waals surface area (Å²) in [5.41, 5.74) is 6.11. The van der Waals surface area contributed by atoms with Gasteiger partial charge in [0.25, 0.3) is 0 Å². The third kappa shape index (κ3) is 1.29. The summed E-state index contributed by atoms with van der Waals surface area (Å²) in [5, 5.41) is 0. The molecule has 2 rings (SSSR count). The van der Waals surface area contributed by atoms with E-state index < -0.39 is 12.1 Å². The van der Waals surface area contributed by atoms with E-state index >= 15 is 0 Å². The lowest BCUT2D eigenvalue weighted by Gasteiger charge is -2.15. The lowest BCUT2D eigenvalue weighted by Crippen LogP contribution is -2.29. The monoisotopic (exact) mass is 178 g/mol. The van der Waals surface area contributed by atoms with Crippen molar-refractivity contribution in [1.82, 2.24) is 0 Å². The molecule has 1 atom stereocenters. The van der Waals surface area contributed by atoms with E-state index in [-0.39, 0.29) is 11.6 Å². The Balaban J connectivity index is 2.47. The Morgan fingerprint density at radius 1 is 1.46 bits per heavy atom. The fourth-order valence-electron chi connectivity index (χ4n) is 1.15. The molecule has 1 aliphatic heterocycles. The van der Waals surface area contributed by atoms with Crippen molar-refractivity contribution in [2.45, 2.75) is 6.04 Å². The van der Waals surface area contributed by atoms with Gasteiger partial charge in [0.2, 0.25) is 0 Å². The molecule has 0 radical (unpaired) electrons. The molecule has 2 N–H and O–H groups in total. The Morgan fingerprint density at radius 2 is 2.23 bits per heavy atom. The maximum absolute atomic E-state index is 11.1. The number of esters is 1. The molecule has 1 aliphatic carbocycles. The van der Waals surface area contributed by atoms with Crippen molar-refractivity contribution in [2.75, 3.05) is 0 Å². The molecular weight excluding hydrogens is 172 g/mol. The van der Waals surface area contributed by atoms with Gasteiger partial charge in [-0.3, -0.25) is 0 Å². The molecule has 1 unspecified atom stereocenters. The number of nitrogens with two attached hydrogens (primary N) is 1. The number of aliphatic imine (C=N–C) groups is 1. The minimum Gasteiger partial charge on any atom is -0.371 e. The maximum atomic E-state index is 11.1. The number of cyclic esters (lactones) is 2. The number of rotatable bonds is 0.